The zero-order chi connectivity index (χ0) is 42.1. The minimum absolute atomic E-state index is 0.163. The van der Waals surface area contributed by atoms with Gasteiger partial charge in [0.05, 0.1) is 11.4 Å². The van der Waals surface area contributed by atoms with Gasteiger partial charge in [0.25, 0.3) is 0 Å². The first-order valence-electron chi connectivity index (χ1n) is 22.0. The molecule has 0 bridgehead atoms. The van der Waals surface area contributed by atoms with Crippen molar-refractivity contribution >= 4 is 65.8 Å². The van der Waals surface area contributed by atoms with E-state index in [0.29, 0.717) is 0 Å². The van der Waals surface area contributed by atoms with Crippen LogP contribution in [0.1, 0.15) is 49.9 Å². The number of para-hydroxylation sites is 4. The van der Waals surface area contributed by atoms with Crippen LogP contribution in [0, 0.1) is 0 Å². The summed E-state index contributed by atoms with van der Waals surface area (Å²) in [7, 11) is 4.49. The zero-order valence-corrected chi connectivity index (χ0v) is 36.2. The summed E-state index contributed by atoms with van der Waals surface area (Å²) < 4.78 is 0. The van der Waals surface area contributed by atoms with Crippen LogP contribution in [-0.4, -0.2) is 14.1 Å². The number of anilines is 4. The highest BCUT2D eigenvalue weighted by Crippen LogP contribution is 2.55. The second-order valence-electron chi connectivity index (χ2n) is 18.6. The lowest BCUT2D eigenvalue weighted by molar-refractivity contribution is 0.630. The fourth-order valence-corrected chi connectivity index (χ4v) is 11.4. The predicted octanol–water partition coefficient (Wildman–Crippen LogP) is 16.1. The molecule has 0 saturated carbocycles. The number of fused-ring (bicyclic) bond motifs is 8. The van der Waals surface area contributed by atoms with E-state index in [1.54, 1.807) is 0 Å². The van der Waals surface area contributed by atoms with Crippen molar-refractivity contribution in [3.63, 3.8) is 0 Å². The Labute approximate surface area is 364 Å². The third kappa shape index (κ3) is 5.10. The van der Waals surface area contributed by atoms with E-state index in [1.165, 1.54) is 121 Å². The molecule has 2 aliphatic heterocycles. The Balaban J connectivity index is 1.18. The smallest absolute Gasteiger partial charge is 0.0529 e. The monoisotopic (exact) mass is 796 g/mol. The lowest BCUT2D eigenvalue weighted by Crippen LogP contribution is -2.31. The maximum absolute atomic E-state index is 2.51. The van der Waals surface area contributed by atoms with Crippen LogP contribution >= 0.6 is 0 Å². The molecule has 0 atom stereocenters. The van der Waals surface area contributed by atoms with Gasteiger partial charge in [-0.1, -0.05) is 173 Å². The molecule has 0 saturated heterocycles. The van der Waals surface area contributed by atoms with Gasteiger partial charge >= 0.3 is 0 Å². The van der Waals surface area contributed by atoms with E-state index in [1.807, 2.05) is 0 Å². The molecule has 10 aromatic rings. The normalized spacial score (nSPS) is 14.8. The predicted molar refractivity (Wildman–Crippen MR) is 266 cm³/mol. The molecule has 0 aromatic heterocycles. The largest absolute Gasteiger partial charge is 0.344 e. The average Bonchev–Trinajstić information content (AvgIpc) is 3.30. The summed E-state index contributed by atoms with van der Waals surface area (Å²) in [4.78, 5) is 4.85. The van der Waals surface area contributed by atoms with Gasteiger partial charge in [0.1, 0.15) is 0 Å². The molecule has 12 rings (SSSR count). The maximum Gasteiger partial charge on any atom is 0.0529 e. The molecule has 0 radical (unpaired) electrons. The van der Waals surface area contributed by atoms with E-state index in [0.717, 1.165) is 0 Å². The SMILES string of the molecule is CN1c2ccccc2C(C)(C)c2cccc(-c3cccc4c(-c5ccc6cc7ccccc7cc6c5)c5cccc(-c6cccc7c6N(C)c6ccccc6C7(C)C)c5cc34)c21. The molecule has 0 amide bonds. The van der Waals surface area contributed by atoms with Crippen LogP contribution in [0.5, 0.6) is 0 Å². The van der Waals surface area contributed by atoms with Crippen LogP contribution in [0.3, 0.4) is 0 Å². The van der Waals surface area contributed by atoms with Gasteiger partial charge in [0, 0.05) is 47.4 Å². The molecule has 0 unspecified atom stereocenters. The summed E-state index contributed by atoms with van der Waals surface area (Å²) in [5.74, 6) is 0. The molecule has 2 aliphatic rings. The van der Waals surface area contributed by atoms with E-state index in [9.17, 15) is 0 Å². The van der Waals surface area contributed by atoms with Crippen LogP contribution in [0.2, 0.25) is 0 Å². The van der Waals surface area contributed by atoms with Crippen LogP contribution in [-0.2, 0) is 10.8 Å². The third-order valence-electron chi connectivity index (χ3n) is 14.6. The van der Waals surface area contributed by atoms with Gasteiger partial charge in [-0.25, -0.2) is 0 Å². The minimum Gasteiger partial charge on any atom is -0.344 e. The summed E-state index contributed by atoms with van der Waals surface area (Å²) in [5.41, 5.74) is 17.6. The van der Waals surface area contributed by atoms with Gasteiger partial charge in [-0.05, 0) is 124 Å². The van der Waals surface area contributed by atoms with Crippen LogP contribution < -0.4 is 9.80 Å². The van der Waals surface area contributed by atoms with E-state index in [4.69, 9.17) is 0 Å². The molecule has 0 N–H and O–H groups in total. The minimum atomic E-state index is -0.163. The summed E-state index contributed by atoms with van der Waals surface area (Å²) in [6.45, 7) is 9.51. The van der Waals surface area contributed by atoms with E-state index < -0.39 is 0 Å². The number of benzene rings is 10. The highest BCUT2D eigenvalue weighted by atomic mass is 15.1. The van der Waals surface area contributed by atoms with Gasteiger partial charge in [-0.2, -0.15) is 0 Å². The number of nitrogens with zero attached hydrogens (tertiary/aromatic N) is 2. The molecule has 62 heavy (non-hydrogen) atoms. The van der Waals surface area contributed by atoms with Crippen LogP contribution in [0.15, 0.2) is 182 Å². The van der Waals surface area contributed by atoms with E-state index >= 15 is 0 Å². The van der Waals surface area contributed by atoms with Gasteiger partial charge in [-0.3, -0.25) is 0 Å². The van der Waals surface area contributed by atoms with Crippen LogP contribution in [0.4, 0.5) is 22.7 Å². The average molecular weight is 797 g/mol. The van der Waals surface area contributed by atoms with Gasteiger partial charge in [0.2, 0.25) is 0 Å². The Morgan fingerprint density at radius 2 is 0.742 bits per heavy atom. The Kier molecular flexibility index (Phi) is 7.79. The van der Waals surface area contributed by atoms with Crippen molar-refractivity contribution in [2.45, 2.75) is 38.5 Å². The Bertz CT molecular complexity index is 3340. The fraction of sp³-hybridized carbons (Fsp3) is 0.133. The summed E-state index contributed by atoms with van der Waals surface area (Å²) >= 11 is 0. The van der Waals surface area contributed by atoms with Crippen molar-refractivity contribution in [2.24, 2.45) is 0 Å². The van der Waals surface area contributed by atoms with Crippen molar-refractivity contribution in [3.8, 4) is 33.4 Å². The first kappa shape index (κ1) is 36.7. The topological polar surface area (TPSA) is 6.48 Å². The third-order valence-corrected chi connectivity index (χ3v) is 14.6. The second kappa shape index (κ2) is 13.2. The fourth-order valence-electron chi connectivity index (χ4n) is 11.4. The molecular weight excluding hydrogens is 749 g/mol. The summed E-state index contributed by atoms with van der Waals surface area (Å²) in [5, 5.41) is 10.0. The zero-order valence-electron chi connectivity index (χ0n) is 36.2. The molecule has 298 valence electrons. The van der Waals surface area contributed by atoms with Gasteiger partial charge in [0.15, 0.2) is 0 Å². The Hall–Kier alpha value is -7.16. The first-order chi connectivity index (χ1) is 30.1. The van der Waals surface area contributed by atoms with Gasteiger partial charge in [-0.15, -0.1) is 0 Å². The Morgan fingerprint density at radius 1 is 0.323 bits per heavy atom. The molecule has 2 heterocycles. The standard InChI is InChI=1S/C60H48N2/c1-59(2)50-25-9-11-29-54(50)61(5)57-46(23-15-27-52(57)59)42-19-13-21-44-48(42)36-49-43(47-24-16-28-53-58(47)62(6)55-30-12-10-26-51(55)60(53,3)4)20-14-22-45(49)56(44)40-32-31-39-33-37-17-7-8-18-38(37)34-41(39)35-40/h7-36H,1-6H3. The van der Waals surface area contributed by atoms with Crippen molar-refractivity contribution in [2.75, 3.05) is 23.9 Å². The molecular formula is C60H48N2. The van der Waals surface area contributed by atoms with Gasteiger partial charge < -0.3 is 9.80 Å². The molecule has 10 aromatic carbocycles. The summed E-state index contributed by atoms with van der Waals surface area (Å²) in [6.07, 6.45) is 0. The first-order valence-corrected chi connectivity index (χ1v) is 22.0. The second-order valence-corrected chi connectivity index (χ2v) is 18.6. The van der Waals surface area contributed by atoms with Crippen molar-refractivity contribution < 1.29 is 0 Å². The highest BCUT2D eigenvalue weighted by Gasteiger charge is 2.38. The van der Waals surface area contributed by atoms with Crippen molar-refractivity contribution in [1.82, 2.24) is 0 Å². The lowest BCUT2D eigenvalue weighted by atomic mass is 9.72. The number of hydrogen-bond donors (Lipinski definition) is 0. The van der Waals surface area contributed by atoms with E-state index in [-0.39, 0.29) is 10.8 Å². The molecule has 2 heteroatoms. The summed E-state index contributed by atoms with van der Waals surface area (Å²) in [6, 6.07) is 68.6. The molecule has 2 nitrogen and oxygen atoms in total. The quantitative estimate of drug-likeness (QED) is 0.164. The lowest BCUT2D eigenvalue weighted by Gasteiger charge is -2.41. The maximum atomic E-state index is 2.51. The van der Waals surface area contributed by atoms with Crippen molar-refractivity contribution in [1.29, 1.82) is 0 Å². The van der Waals surface area contributed by atoms with Crippen molar-refractivity contribution in [3.05, 3.63) is 204 Å². The molecule has 0 fully saturated rings. The number of hydrogen-bond acceptors (Lipinski definition) is 2. The highest BCUT2D eigenvalue weighted by molar-refractivity contribution is 6.20. The van der Waals surface area contributed by atoms with E-state index in [2.05, 4.69) is 234 Å². The number of rotatable bonds is 3. The molecule has 0 aliphatic carbocycles. The Morgan fingerprint density at radius 3 is 1.27 bits per heavy atom. The van der Waals surface area contributed by atoms with Crippen LogP contribution in [0.25, 0.3) is 76.5 Å². The molecule has 0 spiro atoms.